The van der Waals surface area contributed by atoms with Crippen molar-refractivity contribution < 1.29 is 4.74 Å². The van der Waals surface area contributed by atoms with Gasteiger partial charge in [-0.25, -0.2) is 0 Å². The van der Waals surface area contributed by atoms with Crippen molar-refractivity contribution in [3.05, 3.63) is 65.0 Å². The van der Waals surface area contributed by atoms with Crippen molar-refractivity contribution in [2.75, 3.05) is 6.61 Å². The Bertz CT molecular complexity index is 779. The fourth-order valence-corrected chi connectivity index (χ4v) is 4.10. The van der Waals surface area contributed by atoms with Gasteiger partial charge in [-0.15, -0.1) is 11.3 Å². The average Bonchev–Trinajstić information content (AvgIpc) is 3.12. The molecule has 4 rings (SSSR count). The minimum absolute atomic E-state index is 0.0895. The summed E-state index contributed by atoms with van der Waals surface area (Å²) in [5.41, 5.74) is 9.11. The van der Waals surface area contributed by atoms with Crippen LogP contribution < -0.4 is 10.5 Å². The molecule has 3 aromatic rings. The third-order valence-corrected chi connectivity index (χ3v) is 5.28. The van der Waals surface area contributed by atoms with E-state index in [0.29, 0.717) is 12.5 Å². The number of fused-ring (bicyclic) bond motifs is 2. The van der Waals surface area contributed by atoms with E-state index in [1.54, 1.807) is 11.3 Å². The first-order valence-electron chi connectivity index (χ1n) is 7.25. The van der Waals surface area contributed by atoms with Crippen LogP contribution in [0.3, 0.4) is 0 Å². The molecule has 0 aliphatic carbocycles. The molecule has 21 heavy (non-hydrogen) atoms. The zero-order valence-electron chi connectivity index (χ0n) is 11.7. The fourth-order valence-electron chi connectivity index (χ4n) is 3.13. The number of hydrogen-bond donors (Lipinski definition) is 1. The van der Waals surface area contributed by atoms with Gasteiger partial charge in [0.2, 0.25) is 0 Å². The van der Waals surface area contributed by atoms with Crippen LogP contribution in [0, 0.1) is 0 Å². The van der Waals surface area contributed by atoms with E-state index in [2.05, 4.69) is 41.8 Å². The van der Waals surface area contributed by atoms with E-state index < -0.39 is 0 Å². The van der Waals surface area contributed by atoms with Crippen molar-refractivity contribution in [3.63, 3.8) is 0 Å². The Morgan fingerprint density at radius 2 is 1.95 bits per heavy atom. The van der Waals surface area contributed by atoms with Crippen molar-refractivity contribution in [1.82, 2.24) is 0 Å². The molecule has 1 aromatic heterocycles. The fraction of sp³-hybridized carbons (Fsp3) is 0.222. The van der Waals surface area contributed by atoms with E-state index in [1.807, 2.05) is 12.1 Å². The van der Waals surface area contributed by atoms with Crippen LogP contribution >= 0.6 is 11.3 Å². The molecule has 0 spiro atoms. The lowest BCUT2D eigenvalue weighted by Gasteiger charge is -2.18. The van der Waals surface area contributed by atoms with Gasteiger partial charge in [0.05, 0.1) is 6.61 Å². The Kier molecular flexibility index (Phi) is 3.17. The molecule has 0 fully saturated rings. The Labute approximate surface area is 128 Å². The van der Waals surface area contributed by atoms with Gasteiger partial charge in [-0.05, 0) is 34.9 Å². The Hall–Kier alpha value is -1.84. The Morgan fingerprint density at radius 3 is 2.90 bits per heavy atom. The van der Waals surface area contributed by atoms with E-state index in [1.165, 1.54) is 21.2 Å². The number of thiophene rings is 1. The molecule has 106 valence electrons. The van der Waals surface area contributed by atoms with Gasteiger partial charge in [-0.1, -0.05) is 36.4 Å². The van der Waals surface area contributed by atoms with E-state index in [9.17, 15) is 0 Å². The quantitative estimate of drug-likeness (QED) is 0.794. The number of rotatable bonds is 3. The third kappa shape index (κ3) is 2.23. The molecule has 0 amide bonds. The molecule has 2 heterocycles. The molecule has 1 aliphatic heterocycles. The first-order chi connectivity index (χ1) is 10.3. The topological polar surface area (TPSA) is 35.2 Å². The summed E-state index contributed by atoms with van der Waals surface area (Å²) in [7, 11) is 0. The summed E-state index contributed by atoms with van der Waals surface area (Å²) < 4.78 is 7.10. The lowest BCUT2D eigenvalue weighted by Crippen LogP contribution is -2.31. The minimum Gasteiger partial charge on any atom is -0.493 e. The van der Waals surface area contributed by atoms with Crippen LogP contribution in [0.2, 0.25) is 0 Å². The van der Waals surface area contributed by atoms with Gasteiger partial charge >= 0.3 is 0 Å². The Balaban J connectivity index is 1.61. The maximum Gasteiger partial charge on any atom is 0.122 e. The van der Waals surface area contributed by atoms with Crippen LogP contribution in [0.25, 0.3) is 10.1 Å². The maximum atomic E-state index is 6.50. The van der Waals surface area contributed by atoms with Gasteiger partial charge in [0, 0.05) is 22.2 Å². The second-order valence-corrected chi connectivity index (χ2v) is 6.49. The first-order valence-corrected chi connectivity index (χ1v) is 8.13. The molecular formula is C18H17NOS. The maximum absolute atomic E-state index is 6.50. The lowest BCUT2D eigenvalue weighted by atomic mass is 9.90. The number of ether oxygens (including phenoxy) is 1. The molecule has 2 atom stereocenters. The second-order valence-electron chi connectivity index (χ2n) is 5.58. The van der Waals surface area contributed by atoms with E-state index in [4.69, 9.17) is 10.5 Å². The molecule has 2 N–H and O–H groups in total. The van der Waals surface area contributed by atoms with Gasteiger partial charge in [0.1, 0.15) is 5.75 Å². The lowest BCUT2D eigenvalue weighted by molar-refractivity contribution is 0.313. The summed E-state index contributed by atoms with van der Waals surface area (Å²) in [6.45, 7) is 0.697. The molecular weight excluding hydrogens is 278 g/mol. The monoisotopic (exact) mass is 295 g/mol. The van der Waals surface area contributed by atoms with Crippen molar-refractivity contribution in [1.29, 1.82) is 0 Å². The molecule has 0 saturated carbocycles. The van der Waals surface area contributed by atoms with E-state index >= 15 is 0 Å². The highest BCUT2D eigenvalue weighted by molar-refractivity contribution is 7.17. The highest BCUT2D eigenvalue weighted by Gasteiger charge is 2.29. The Morgan fingerprint density at radius 1 is 1.14 bits per heavy atom. The number of nitrogens with two attached hydrogens (primary N) is 1. The van der Waals surface area contributed by atoms with E-state index in [-0.39, 0.29) is 6.04 Å². The summed E-state index contributed by atoms with van der Waals surface area (Å²) in [6, 6.07) is 16.9. The van der Waals surface area contributed by atoms with Crippen molar-refractivity contribution in [2.24, 2.45) is 5.73 Å². The van der Waals surface area contributed by atoms with Gasteiger partial charge in [0.15, 0.2) is 0 Å². The second kappa shape index (κ2) is 5.17. The summed E-state index contributed by atoms with van der Waals surface area (Å²) in [6.07, 6.45) is 0.895. The van der Waals surface area contributed by atoms with Gasteiger partial charge in [-0.2, -0.15) is 0 Å². The number of para-hydroxylation sites is 1. The number of benzene rings is 2. The predicted octanol–water partition coefficient (Wildman–Crippen LogP) is 3.95. The normalized spacial score (nSPS) is 18.4. The molecule has 0 saturated heterocycles. The summed E-state index contributed by atoms with van der Waals surface area (Å²) in [5.74, 6) is 1.29. The van der Waals surface area contributed by atoms with Crippen LogP contribution in [-0.4, -0.2) is 12.6 Å². The van der Waals surface area contributed by atoms with Crippen molar-refractivity contribution in [2.45, 2.75) is 18.4 Å². The predicted molar refractivity (Wildman–Crippen MR) is 88.2 cm³/mol. The highest BCUT2D eigenvalue weighted by Crippen LogP contribution is 2.36. The smallest absolute Gasteiger partial charge is 0.122 e. The van der Waals surface area contributed by atoms with Gasteiger partial charge < -0.3 is 10.5 Å². The molecule has 0 bridgehead atoms. The molecule has 1 aliphatic rings. The van der Waals surface area contributed by atoms with Crippen molar-refractivity contribution >= 4 is 21.4 Å². The largest absolute Gasteiger partial charge is 0.493 e. The molecule has 2 nitrogen and oxygen atoms in total. The minimum atomic E-state index is 0.0895. The molecule has 2 unspecified atom stereocenters. The van der Waals surface area contributed by atoms with Crippen LogP contribution in [0.5, 0.6) is 5.75 Å². The van der Waals surface area contributed by atoms with Gasteiger partial charge in [-0.3, -0.25) is 0 Å². The SMILES string of the molecule is NC(Cc1csc2ccccc12)C1COc2ccccc21. The standard InChI is InChI=1S/C18H17NOS/c19-16(15-10-20-17-7-3-1-6-14(15)17)9-12-11-21-18-8-4-2-5-13(12)18/h1-8,11,15-16H,9-10,19H2. The third-order valence-electron chi connectivity index (χ3n) is 4.27. The zero-order valence-corrected chi connectivity index (χ0v) is 12.5. The van der Waals surface area contributed by atoms with Crippen LogP contribution in [0.4, 0.5) is 0 Å². The number of hydrogen-bond acceptors (Lipinski definition) is 3. The summed E-state index contributed by atoms with van der Waals surface area (Å²) in [5, 5.41) is 3.58. The summed E-state index contributed by atoms with van der Waals surface area (Å²) in [4.78, 5) is 0. The van der Waals surface area contributed by atoms with Gasteiger partial charge in [0.25, 0.3) is 0 Å². The highest BCUT2D eigenvalue weighted by atomic mass is 32.1. The summed E-state index contributed by atoms with van der Waals surface area (Å²) >= 11 is 1.80. The van der Waals surface area contributed by atoms with E-state index in [0.717, 1.165) is 12.2 Å². The first kappa shape index (κ1) is 12.9. The van der Waals surface area contributed by atoms with Crippen LogP contribution in [0.15, 0.2) is 53.9 Å². The van der Waals surface area contributed by atoms with Crippen LogP contribution in [-0.2, 0) is 6.42 Å². The molecule has 2 aromatic carbocycles. The zero-order chi connectivity index (χ0) is 14.2. The molecule has 0 radical (unpaired) electrons. The molecule has 3 heteroatoms. The van der Waals surface area contributed by atoms with Crippen molar-refractivity contribution in [3.8, 4) is 5.75 Å². The van der Waals surface area contributed by atoms with Crippen LogP contribution in [0.1, 0.15) is 17.0 Å². The average molecular weight is 295 g/mol.